The second kappa shape index (κ2) is 9.77. The molecule has 0 saturated heterocycles. The number of phenols is 1. The Kier molecular flexibility index (Phi) is 7.34. The van der Waals surface area contributed by atoms with Crippen LogP contribution in [0.4, 0.5) is 10.1 Å². The maximum absolute atomic E-state index is 14.4. The first kappa shape index (κ1) is 22.5. The van der Waals surface area contributed by atoms with Crippen LogP contribution in [0.3, 0.4) is 0 Å². The number of anilines is 1. The molecule has 0 atom stereocenters. The van der Waals surface area contributed by atoms with E-state index in [-0.39, 0.29) is 35.2 Å². The van der Waals surface area contributed by atoms with Crippen LogP contribution in [-0.2, 0) is 14.3 Å². The van der Waals surface area contributed by atoms with E-state index in [1.165, 1.54) is 7.11 Å². The Balaban J connectivity index is 2.00. The van der Waals surface area contributed by atoms with Crippen LogP contribution in [-0.4, -0.2) is 43.3 Å². The maximum atomic E-state index is 14.4. The van der Waals surface area contributed by atoms with E-state index in [9.17, 15) is 19.1 Å². The van der Waals surface area contributed by atoms with Crippen molar-refractivity contribution in [2.75, 3.05) is 19.1 Å². The number of nitrogens with zero attached hydrogens (tertiary/aromatic N) is 1. The van der Waals surface area contributed by atoms with Crippen molar-refractivity contribution < 1.29 is 28.6 Å². The van der Waals surface area contributed by atoms with E-state index >= 15 is 0 Å². The van der Waals surface area contributed by atoms with Crippen molar-refractivity contribution in [3.05, 3.63) is 23.5 Å². The summed E-state index contributed by atoms with van der Waals surface area (Å²) in [5.41, 5.74) is 0.185. The zero-order valence-electron chi connectivity index (χ0n) is 18.0. The molecule has 0 heterocycles. The molecule has 2 aliphatic rings. The summed E-state index contributed by atoms with van der Waals surface area (Å²) in [6.45, 7) is 2.19. The fraction of sp³-hybridized carbons (Fsp3) is 0.652. The number of ether oxygens (including phenoxy) is 2. The Bertz CT molecular complexity index is 767. The summed E-state index contributed by atoms with van der Waals surface area (Å²) in [7, 11) is 2.91. The lowest BCUT2D eigenvalue weighted by Crippen LogP contribution is -2.47. The predicted octanol–water partition coefficient (Wildman–Crippen LogP) is 4.43. The van der Waals surface area contributed by atoms with E-state index in [2.05, 4.69) is 6.92 Å². The highest BCUT2D eigenvalue weighted by molar-refractivity contribution is 6.04. The van der Waals surface area contributed by atoms with E-state index < -0.39 is 17.5 Å². The number of benzene rings is 1. The molecule has 2 fully saturated rings. The first-order valence-electron chi connectivity index (χ1n) is 10.8. The minimum atomic E-state index is -0.863. The average molecular weight is 422 g/mol. The normalized spacial score (nSPS) is 26.8. The lowest BCUT2D eigenvalue weighted by molar-refractivity contribution is -0.124. The number of methoxy groups -OCH3 is 2. The highest BCUT2D eigenvalue weighted by atomic mass is 19.1. The molecule has 166 valence electrons. The lowest BCUT2D eigenvalue weighted by Gasteiger charge is -2.40. The zero-order chi connectivity index (χ0) is 21.8. The molecule has 2 saturated carbocycles. The van der Waals surface area contributed by atoms with Crippen molar-refractivity contribution in [3.63, 3.8) is 0 Å². The molecule has 0 spiro atoms. The fourth-order valence-electron chi connectivity index (χ4n) is 4.76. The van der Waals surface area contributed by atoms with Crippen molar-refractivity contribution in [3.8, 4) is 5.75 Å². The van der Waals surface area contributed by atoms with Gasteiger partial charge in [0.25, 0.3) is 0 Å². The van der Waals surface area contributed by atoms with E-state index in [4.69, 9.17) is 9.47 Å². The highest BCUT2D eigenvalue weighted by Gasteiger charge is 2.37. The van der Waals surface area contributed by atoms with Gasteiger partial charge in [-0.1, -0.05) is 6.92 Å². The lowest BCUT2D eigenvalue weighted by atomic mass is 9.81. The number of esters is 1. The SMILES string of the molecule is COC(=O)c1cc(O)c(F)cc1N(C(=O)C1CCC(C)CC1)C1CCC(OC)CC1. The van der Waals surface area contributed by atoms with Gasteiger partial charge < -0.3 is 19.5 Å². The number of aromatic hydroxyl groups is 1. The largest absolute Gasteiger partial charge is 0.505 e. The van der Waals surface area contributed by atoms with Crippen molar-refractivity contribution in [2.45, 2.75) is 70.4 Å². The van der Waals surface area contributed by atoms with Crippen LogP contribution < -0.4 is 4.90 Å². The summed E-state index contributed by atoms with van der Waals surface area (Å²) in [5.74, 6) is -1.83. The molecule has 6 nitrogen and oxygen atoms in total. The van der Waals surface area contributed by atoms with E-state index in [0.29, 0.717) is 18.8 Å². The minimum Gasteiger partial charge on any atom is -0.505 e. The Labute approximate surface area is 177 Å². The number of hydrogen-bond acceptors (Lipinski definition) is 5. The van der Waals surface area contributed by atoms with Crippen LogP contribution in [0.5, 0.6) is 5.75 Å². The van der Waals surface area contributed by atoms with Crippen LogP contribution in [0.1, 0.15) is 68.6 Å². The highest BCUT2D eigenvalue weighted by Crippen LogP contribution is 2.38. The molecule has 0 bridgehead atoms. The summed E-state index contributed by atoms with van der Waals surface area (Å²) >= 11 is 0. The molecule has 1 aromatic rings. The molecular weight excluding hydrogens is 389 g/mol. The second-order valence-electron chi connectivity index (χ2n) is 8.64. The van der Waals surface area contributed by atoms with Gasteiger partial charge in [0.05, 0.1) is 24.5 Å². The van der Waals surface area contributed by atoms with Gasteiger partial charge in [-0.25, -0.2) is 9.18 Å². The zero-order valence-corrected chi connectivity index (χ0v) is 18.0. The molecule has 0 unspecified atom stereocenters. The Morgan fingerprint density at radius 1 is 1.03 bits per heavy atom. The molecule has 0 radical (unpaired) electrons. The third-order valence-corrected chi connectivity index (χ3v) is 6.67. The van der Waals surface area contributed by atoms with Gasteiger partial charge in [-0.05, 0) is 63.4 Å². The van der Waals surface area contributed by atoms with E-state index in [1.54, 1.807) is 12.0 Å². The number of carbonyl (C=O) groups excluding carboxylic acids is 2. The van der Waals surface area contributed by atoms with E-state index in [1.807, 2.05) is 0 Å². The molecule has 2 aliphatic carbocycles. The first-order valence-corrected chi connectivity index (χ1v) is 10.8. The summed E-state index contributed by atoms with van der Waals surface area (Å²) in [6.07, 6.45) is 6.68. The van der Waals surface area contributed by atoms with Crippen molar-refractivity contribution in [1.82, 2.24) is 0 Å². The molecule has 1 aromatic carbocycles. The third kappa shape index (κ3) is 4.77. The molecule has 0 aromatic heterocycles. The van der Waals surface area contributed by atoms with Gasteiger partial charge in [0, 0.05) is 25.1 Å². The monoisotopic (exact) mass is 421 g/mol. The predicted molar refractivity (Wildman–Crippen MR) is 111 cm³/mol. The van der Waals surface area contributed by atoms with Gasteiger partial charge in [0.1, 0.15) is 0 Å². The van der Waals surface area contributed by atoms with Gasteiger partial charge in [-0.3, -0.25) is 4.79 Å². The smallest absolute Gasteiger partial charge is 0.340 e. The molecule has 30 heavy (non-hydrogen) atoms. The maximum Gasteiger partial charge on any atom is 0.340 e. The topological polar surface area (TPSA) is 76.1 Å². The van der Waals surface area contributed by atoms with Crippen molar-refractivity contribution in [2.24, 2.45) is 11.8 Å². The molecule has 1 amide bonds. The number of rotatable bonds is 5. The van der Waals surface area contributed by atoms with E-state index in [0.717, 1.165) is 50.7 Å². The first-order chi connectivity index (χ1) is 14.3. The van der Waals surface area contributed by atoms with Gasteiger partial charge in [-0.15, -0.1) is 0 Å². The molecule has 1 N–H and O–H groups in total. The van der Waals surface area contributed by atoms with Crippen LogP contribution in [0.2, 0.25) is 0 Å². The minimum absolute atomic E-state index is 0.00259. The third-order valence-electron chi connectivity index (χ3n) is 6.67. The summed E-state index contributed by atoms with van der Waals surface area (Å²) in [6, 6.07) is 1.99. The summed E-state index contributed by atoms with van der Waals surface area (Å²) in [4.78, 5) is 27.7. The fourth-order valence-corrected chi connectivity index (χ4v) is 4.76. The summed E-state index contributed by atoms with van der Waals surface area (Å²) < 4.78 is 24.7. The van der Waals surface area contributed by atoms with Crippen molar-refractivity contribution in [1.29, 1.82) is 0 Å². The molecule has 7 heteroatoms. The molecule has 0 aliphatic heterocycles. The van der Waals surface area contributed by atoms with Crippen LogP contribution in [0, 0.1) is 17.7 Å². The van der Waals surface area contributed by atoms with Gasteiger partial charge in [-0.2, -0.15) is 0 Å². The number of amides is 1. The van der Waals surface area contributed by atoms with Crippen molar-refractivity contribution >= 4 is 17.6 Å². The number of phenolic OH excluding ortho intramolecular Hbond substituents is 1. The Morgan fingerprint density at radius 3 is 2.23 bits per heavy atom. The second-order valence-corrected chi connectivity index (χ2v) is 8.64. The Morgan fingerprint density at radius 2 is 1.67 bits per heavy atom. The van der Waals surface area contributed by atoms with Gasteiger partial charge in [0.15, 0.2) is 11.6 Å². The van der Waals surface area contributed by atoms with Crippen LogP contribution in [0.15, 0.2) is 12.1 Å². The number of halogens is 1. The van der Waals surface area contributed by atoms with Crippen LogP contribution >= 0.6 is 0 Å². The number of hydrogen-bond donors (Lipinski definition) is 1. The molecule has 3 rings (SSSR count). The standard InChI is InChI=1S/C23H32FNO5/c1-14-4-6-15(7-5-14)22(27)25(16-8-10-17(29-2)11-9-16)20-13-19(24)21(26)12-18(20)23(28)30-3/h12-17,26H,4-11H2,1-3H3. The molecular formula is C23H32FNO5. The average Bonchev–Trinajstić information content (AvgIpc) is 2.76. The van der Waals surface area contributed by atoms with Gasteiger partial charge >= 0.3 is 5.97 Å². The quantitative estimate of drug-likeness (QED) is 0.712. The number of carbonyl (C=O) groups is 2. The Hall–Kier alpha value is -2.15. The van der Waals surface area contributed by atoms with Crippen LogP contribution in [0.25, 0.3) is 0 Å². The summed E-state index contributed by atoms with van der Waals surface area (Å²) in [5, 5.41) is 9.84. The van der Waals surface area contributed by atoms with Gasteiger partial charge in [0.2, 0.25) is 5.91 Å².